The van der Waals surface area contributed by atoms with Crippen LogP contribution in [0.4, 0.5) is 8.78 Å². The third-order valence-corrected chi connectivity index (χ3v) is 3.74. The lowest BCUT2D eigenvalue weighted by Gasteiger charge is -1.99. The van der Waals surface area contributed by atoms with Crippen molar-refractivity contribution in [1.29, 1.82) is 0 Å². The van der Waals surface area contributed by atoms with E-state index in [-0.39, 0.29) is 24.4 Å². The minimum atomic E-state index is -1.03. The number of hydrogen-bond donors (Lipinski definition) is 2. The van der Waals surface area contributed by atoms with E-state index in [4.69, 9.17) is 10.2 Å². The first-order valence-corrected chi connectivity index (χ1v) is 8.12. The van der Waals surface area contributed by atoms with Crippen LogP contribution in [0.25, 0.3) is 0 Å². The zero-order valence-electron chi connectivity index (χ0n) is 11.9. The molecular weight excluding hydrogens is 438 g/mol. The third-order valence-electron chi connectivity index (χ3n) is 2.75. The molecule has 0 aliphatic carbocycles. The molecule has 0 bridgehead atoms. The highest BCUT2D eigenvalue weighted by molar-refractivity contribution is 9.10. The minimum Gasteiger partial charge on any atom is -0.481 e. The van der Waals surface area contributed by atoms with Gasteiger partial charge >= 0.3 is 5.97 Å². The van der Waals surface area contributed by atoms with Gasteiger partial charge in [-0.25, -0.2) is 8.78 Å². The summed E-state index contributed by atoms with van der Waals surface area (Å²) in [4.78, 5) is 10.2. The summed E-state index contributed by atoms with van der Waals surface area (Å²) in [6.45, 7) is -0.0153. The molecule has 0 aliphatic heterocycles. The molecule has 2 aromatic carbocycles. The van der Waals surface area contributed by atoms with Crippen LogP contribution < -0.4 is 0 Å². The highest BCUT2D eigenvalue weighted by Crippen LogP contribution is 2.16. The van der Waals surface area contributed by atoms with Gasteiger partial charge in [-0.15, -0.1) is 0 Å². The molecule has 0 aromatic heterocycles. The van der Waals surface area contributed by atoms with E-state index in [9.17, 15) is 13.6 Å². The Hall–Kier alpha value is -1.31. The molecule has 0 aliphatic rings. The van der Waals surface area contributed by atoms with Crippen LogP contribution in [0.3, 0.4) is 0 Å². The van der Waals surface area contributed by atoms with Crippen LogP contribution in [-0.4, -0.2) is 22.8 Å². The van der Waals surface area contributed by atoms with E-state index in [1.54, 1.807) is 18.2 Å². The van der Waals surface area contributed by atoms with Gasteiger partial charge in [-0.1, -0.05) is 44.0 Å². The van der Waals surface area contributed by atoms with Crippen LogP contribution >= 0.6 is 31.9 Å². The Kier molecular flexibility index (Phi) is 8.36. The van der Waals surface area contributed by atoms with Crippen molar-refractivity contribution < 1.29 is 23.8 Å². The second kappa shape index (κ2) is 9.75. The average molecular weight is 452 g/mol. The molecule has 0 heterocycles. The van der Waals surface area contributed by atoms with E-state index in [1.165, 1.54) is 18.2 Å². The van der Waals surface area contributed by atoms with Crippen molar-refractivity contribution in [2.75, 3.05) is 6.61 Å². The smallest absolute Gasteiger partial charge is 0.307 e. The Balaban J connectivity index is 0.000000231. The van der Waals surface area contributed by atoms with Gasteiger partial charge in [0.1, 0.15) is 11.6 Å². The van der Waals surface area contributed by atoms with Crippen LogP contribution in [0, 0.1) is 11.6 Å². The number of aliphatic hydroxyl groups excluding tert-OH is 1. The van der Waals surface area contributed by atoms with E-state index < -0.39 is 11.8 Å². The summed E-state index contributed by atoms with van der Waals surface area (Å²) in [5.74, 6) is -1.79. The summed E-state index contributed by atoms with van der Waals surface area (Å²) in [6.07, 6.45) is 0.0955. The number of benzene rings is 2. The third kappa shape index (κ3) is 7.20. The Labute approximate surface area is 149 Å². The van der Waals surface area contributed by atoms with Crippen LogP contribution in [-0.2, 0) is 17.6 Å². The van der Waals surface area contributed by atoms with Gasteiger partial charge in [0.2, 0.25) is 0 Å². The highest BCUT2D eigenvalue weighted by Gasteiger charge is 2.06. The van der Waals surface area contributed by atoms with Crippen molar-refractivity contribution >= 4 is 37.8 Å². The standard InChI is InChI=1S/C8H6BrFO2.C8H8BrFO/c9-6-2-1-5(3-8(11)12)7(10)4-6;9-7-2-1-6(3-4-11)8(10)5-7/h1-2,4H,3H2,(H,11,12);1-2,5,11H,3-4H2. The Morgan fingerprint density at radius 1 is 0.957 bits per heavy atom. The van der Waals surface area contributed by atoms with Gasteiger partial charge in [-0.2, -0.15) is 0 Å². The van der Waals surface area contributed by atoms with E-state index in [1.807, 2.05) is 0 Å². The lowest BCUT2D eigenvalue weighted by atomic mass is 10.1. The SMILES string of the molecule is O=C(O)Cc1ccc(Br)cc1F.OCCc1ccc(Br)cc1F. The number of halogens is 4. The molecule has 0 amide bonds. The molecule has 0 fully saturated rings. The van der Waals surface area contributed by atoms with Crippen LogP contribution in [0.2, 0.25) is 0 Å². The van der Waals surface area contributed by atoms with Gasteiger partial charge in [0.05, 0.1) is 6.42 Å². The number of carbonyl (C=O) groups is 1. The quantitative estimate of drug-likeness (QED) is 0.726. The van der Waals surface area contributed by atoms with Gasteiger partial charge in [-0.3, -0.25) is 4.79 Å². The molecule has 0 saturated carbocycles. The predicted molar refractivity (Wildman–Crippen MR) is 90.3 cm³/mol. The van der Waals surface area contributed by atoms with Crippen LogP contribution in [0.5, 0.6) is 0 Å². The molecule has 3 nitrogen and oxygen atoms in total. The van der Waals surface area contributed by atoms with Crippen molar-refractivity contribution in [2.45, 2.75) is 12.8 Å². The van der Waals surface area contributed by atoms with Crippen LogP contribution in [0.15, 0.2) is 45.3 Å². The number of hydrogen-bond acceptors (Lipinski definition) is 2. The Morgan fingerprint density at radius 2 is 1.43 bits per heavy atom. The molecule has 0 spiro atoms. The topological polar surface area (TPSA) is 57.5 Å². The van der Waals surface area contributed by atoms with E-state index in [2.05, 4.69) is 31.9 Å². The molecule has 2 rings (SSSR count). The number of carboxylic acid groups (broad SMARTS) is 1. The first-order valence-electron chi connectivity index (χ1n) is 6.54. The van der Waals surface area contributed by atoms with E-state index >= 15 is 0 Å². The van der Waals surface area contributed by atoms with Crippen molar-refractivity contribution in [1.82, 2.24) is 0 Å². The molecule has 23 heavy (non-hydrogen) atoms. The average Bonchev–Trinajstić information content (AvgIpc) is 2.46. The molecule has 2 N–H and O–H groups in total. The van der Waals surface area contributed by atoms with Gasteiger partial charge in [0.25, 0.3) is 0 Å². The summed E-state index contributed by atoms with van der Waals surface area (Å²) in [6, 6.07) is 9.13. The van der Waals surface area contributed by atoms with Gasteiger partial charge in [0.15, 0.2) is 0 Å². The maximum absolute atomic E-state index is 12.9. The van der Waals surface area contributed by atoms with Gasteiger partial charge in [-0.05, 0) is 41.8 Å². The summed E-state index contributed by atoms with van der Waals surface area (Å²) in [5.41, 5.74) is 0.751. The zero-order chi connectivity index (χ0) is 17.4. The fraction of sp³-hybridized carbons (Fsp3) is 0.188. The van der Waals surface area contributed by atoms with E-state index in [0.29, 0.717) is 16.5 Å². The first-order chi connectivity index (χ1) is 10.8. The highest BCUT2D eigenvalue weighted by atomic mass is 79.9. The summed E-state index contributed by atoms with van der Waals surface area (Å²) < 4.78 is 27.1. The number of aliphatic carboxylic acids is 1. The molecule has 0 unspecified atom stereocenters. The first kappa shape index (κ1) is 19.7. The lowest BCUT2D eigenvalue weighted by Crippen LogP contribution is -2.02. The molecule has 0 radical (unpaired) electrons. The summed E-state index contributed by atoms with van der Waals surface area (Å²) in [7, 11) is 0. The zero-order valence-corrected chi connectivity index (χ0v) is 15.1. The molecule has 2 aromatic rings. The monoisotopic (exact) mass is 450 g/mol. The molecule has 0 saturated heterocycles. The van der Waals surface area contributed by atoms with Crippen molar-refractivity contribution in [2.24, 2.45) is 0 Å². The van der Waals surface area contributed by atoms with Crippen molar-refractivity contribution in [3.8, 4) is 0 Å². The lowest BCUT2D eigenvalue weighted by molar-refractivity contribution is -0.136. The second-order valence-electron chi connectivity index (χ2n) is 4.52. The number of aliphatic hydroxyl groups is 1. The largest absolute Gasteiger partial charge is 0.481 e. The minimum absolute atomic E-state index is 0.0153. The maximum Gasteiger partial charge on any atom is 0.307 e. The molecule has 0 atom stereocenters. The van der Waals surface area contributed by atoms with Crippen LogP contribution in [0.1, 0.15) is 11.1 Å². The number of rotatable bonds is 4. The summed E-state index contributed by atoms with van der Waals surface area (Å²) >= 11 is 6.22. The van der Waals surface area contributed by atoms with E-state index in [0.717, 1.165) is 4.47 Å². The Morgan fingerprint density at radius 3 is 1.83 bits per heavy atom. The number of carboxylic acids is 1. The normalized spacial score (nSPS) is 9.96. The second-order valence-corrected chi connectivity index (χ2v) is 6.35. The van der Waals surface area contributed by atoms with Gasteiger partial charge < -0.3 is 10.2 Å². The maximum atomic E-state index is 12.9. The predicted octanol–water partition coefficient (Wildman–Crippen LogP) is 4.34. The van der Waals surface area contributed by atoms with Crippen molar-refractivity contribution in [3.05, 3.63) is 68.1 Å². The fourth-order valence-corrected chi connectivity index (χ4v) is 2.34. The molecule has 124 valence electrons. The van der Waals surface area contributed by atoms with Crippen molar-refractivity contribution in [3.63, 3.8) is 0 Å². The summed E-state index contributed by atoms with van der Waals surface area (Å²) in [5, 5.41) is 16.9. The molecular formula is C16H14Br2F2O3. The fourth-order valence-electron chi connectivity index (χ4n) is 1.67. The van der Waals surface area contributed by atoms with Gasteiger partial charge in [0, 0.05) is 15.6 Å². The molecule has 7 heteroatoms. The Bertz CT molecular complexity index is 678.